The summed E-state index contributed by atoms with van der Waals surface area (Å²) in [7, 11) is -3.73. The maximum absolute atomic E-state index is 12.7. The van der Waals surface area contributed by atoms with Crippen LogP contribution in [-0.4, -0.2) is 14.2 Å². The molecule has 1 N–H and O–H groups in total. The van der Waals surface area contributed by atoms with Gasteiger partial charge in [-0.1, -0.05) is 18.2 Å². The molecule has 0 aliphatic heterocycles. The number of carbonyl (C=O) groups is 1. The van der Waals surface area contributed by atoms with Gasteiger partial charge in [-0.25, -0.2) is 8.42 Å². The Morgan fingerprint density at radius 3 is 2.69 bits per heavy atom. The number of ketones is 1. The van der Waals surface area contributed by atoms with Crippen LogP contribution in [0.15, 0.2) is 50.2 Å². The molecule has 7 heteroatoms. The fourth-order valence-corrected chi connectivity index (χ4v) is 5.18. The van der Waals surface area contributed by atoms with Crippen LogP contribution in [0.5, 0.6) is 0 Å². The Kier molecular flexibility index (Phi) is 4.16. The minimum Gasteiger partial charge on any atom is -0.459 e. The summed E-state index contributed by atoms with van der Waals surface area (Å²) in [6.07, 6.45) is 1.97. The van der Waals surface area contributed by atoms with Crippen molar-refractivity contribution in [2.45, 2.75) is 31.1 Å². The first-order valence-corrected chi connectivity index (χ1v) is 10.5. The number of benzene rings is 2. The molecular formula is C19H16BrNO4S. The highest BCUT2D eigenvalue weighted by atomic mass is 79.9. The molecule has 0 saturated heterocycles. The van der Waals surface area contributed by atoms with Crippen molar-refractivity contribution in [2.75, 3.05) is 4.72 Å². The number of aryl methyl sites for hydroxylation is 2. The largest absolute Gasteiger partial charge is 0.459 e. The van der Waals surface area contributed by atoms with Gasteiger partial charge in [0.05, 0.1) is 20.6 Å². The molecule has 134 valence electrons. The number of halogens is 1. The van der Waals surface area contributed by atoms with E-state index in [0.717, 1.165) is 6.42 Å². The maximum Gasteiger partial charge on any atom is 0.262 e. The van der Waals surface area contributed by atoms with E-state index >= 15 is 0 Å². The van der Waals surface area contributed by atoms with E-state index in [2.05, 4.69) is 20.7 Å². The van der Waals surface area contributed by atoms with Crippen molar-refractivity contribution in [3.8, 4) is 0 Å². The van der Waals surface area contributed by atoms with Gasteiger partial charge >= 0.3 is 0 Å². The summed E-state index contributed by atoms with van der Waals surface area (Å²) < 4.78 is 34.5. The quantitative estimate of drug-likeness (QED) is 0.641. The molecular weight excluding hydrogens is 418 g/mol. The van der Waals surface area contributed by atoms with E-state index in [1.165, 1.54) is 0 Å². The first-order valence-electron chi connectivity index (χ1n) is 8.23. The predicted octanol–water partition coefficient (Wildman–Crippen LogP) is 4.82. The highest BCUT2D eigenvalue weighted by Crippen LogP contribution is 2.38. The molecule has 1 heterocycles. The summed E-state index contributed by atoms with van der Waals surface area (Å²) in [6, 6.07) is 10.1. The zero-order valence-electron chi connectivity index (χ0n) is 14.0. The van der Waals surface area contributed by atoms with Gasteiger partial charge in [-0.15, -0.1) is 0 Å². The average molecular weight is 434 g/mol. The summed E-state index contributed by atoms with van der Waals surface area (Å²) in [5, 5.41) is 0.640. The Balaban J connectivity index is 1.82. The topological polar surface area (TPSA) is 76.4 Å². The number of anilines is 1. The minimum absolute atomic E-state index is 0.0378. The van der Waals surface area contributed by atoms with Gasteiger partial charge in [-0.2, -0.15) is 0 Å². The average Bonchev–Trinajstić information content (AvgIpc) is 2.95. The van der Waals surface area contributed by atoms with Crippen molar-refractivity contribution in [2.24, 2.45) is 0 Å². The first-order chi connectivity index (χ1) is 12.4. The fraction of sp³-hybridized carbons (Fsp3) is 0.211. The van der Waals surface area contributed by atoms with E-state index in [0.29, 0.717) is 50.9 Å². The van der Waals surface area contributed by atoms with Crippen LogP contribution >= 0.6 is 15.9 Å². The number of carbonyl (C=O) groups excluding carboxylic acids is 1. The third kappa shape index (κ3) is 2.85. The Morgan fingerprint density at radius 1 is 1.15 bits per heavy atom. The van der Waals surface area contributed by atoms with Gasteiger partial charge in [0.25, 0.3) is 10.0 Å². The standard InChI is InChI=1S/C19H16BrNO4S/c1-11-5-2-3-8-17(11)26(23,24)21-12-9-13-18-15(22)6-4-7-16(18)25-19(13)14(20)10-12/h2-3,5,8-10,21H,4,6-7H2,1H3. The van der Waals surface area contributed by atoms with Crippen LogP contribution in [0.2, 0.25) is 0 Å². The zero-order valence-corrected chi connectivity index (χ0v) is 16.4. The van der Waals surface area contributed by atoms with Crippen LogP contribution in [-0.2, 0) is 16.4 Å². The molecule has 1 aliphatic rings. The van der Waals surface area contributed by atoms with Gasteiger partial charge in [0.15, 0.2) is 5.78 Å². The molecule has 0 saturated carbocycles. The first kappa shape index (κ1) is 17.3. The maximum atomic E-state index is 12.7. The van der Waals surface area contributed by atoms with Crippen LogP contribution in [0, 0.1) is 6.92 Å². The van der Waals surface area contributed by atoms with Gasteiger partial charge in [-0.3, -0.25) is 9.52 Å². The third-order valence-electron chi connectivity index (χ3n) is 4.54. The molecule has 1 aromatic heterocycles. The van der Waals surface area contributed by atoms with Crippen molar-refractivity contribution in [3.63, 3.8) is 0 Å². The molecule has 0 atom stereocenters. The van der Waals surface area contributed by atoms with Gasteiger partial charge < -0.3 is 4.42 Å². The van der Waals surface area contributed by atoms with Gasteiger partial charge in [0, 0.05) is 18.2 Å². The van der Waals surface area contributed by atoms with Crippen molar-refractivity contribution >= 4 is 48.4 Å². The number of hydrogen-bond acceptors (Lipinski definition) is 4. The van der Waals surface area contributed by atoms with E-state index in [4.69, 9.17) is 4.42 Å². The number of nitrogens with one attached hydrogen (secondary N) is 1. The van der Waals surface area contributed by atoms with Crippen LogP contribution in [0.4, 0.5) is 5.69 Å². The molecule has 2 aromatic carbocycles. The van der Waals surface area contributed by atoms with Gasteiger partial charge in [0.2, 0.25) is 0 Å². The van der Waals surface area contributed by atoms with Crippen LogP contribution in [0.25, 0.3) is 11.0 Å². The summed E-state index contributed by atoms with van der Waals surface area (Å²) in [4.78, 5) is 12.5. The summed E-state index contributed by atoms with van der Waals surface area (Å²) >= 11 is 3.43. The van der Waals surface area contributed by atoms with Gasteiger partial charge in [-0.05, 0) is 53.0 Å². The SMILES string of the molecule is Cc1ccccc1S(=O)(=O)Nc1cc(Br)c2oc3c(c2c1)C(=O)CCC3. The fourth-order valence-electron chi connectivity index (χ4n) is 3.35. The molecule has 0 amide bonds. The second kappa shape index (κ2) is 6.25. The lowest BCUT2D eigenvalue weighted by Crippen LogP contribution is -2.14. The predicted molar refractivity (Wildman–Crippen MR) is 103 cm³/mol. The number of fused-ring (bicyclic) bond motifs is 3. The molecule has 0 fully saturated rings. The summed E-state index contributed by atoms with van der Waals surface area (Å²) in [6.45, 7) is 1.75. The van der Waals surface area contributed by atoms with E-state index in [1.807, 2.05) is 0 Å². The number of sulfonamides is 1. The second-order valence-electron chi connectivity index (χ2n) is 6.38. The lowest BCUT2D eigenvalue weighted by molar-refractivity contribution is 0.0971. The molecule has 4 rings (SSSR count). The summed E-state index contributed by atoms with van der Waals surface area (Å²) in [5.41, 5.74) is 2.19. The summed E-state index contributed by atoms with van der Waals surface area (Å²) in [5.74, 6) is 0.715. The molecule has 5 nitrogen and oxygen atoms in total. The van der Waals surface area contributed by atoms with Crippen LogP contribution < -0.4 is 4.72 Å². The highest BCUT2D eigenvalue weighted by molar-refractivity contribution is 9.10. The van der Waals surface area contributed by atoms with Crippen molar-refractivity contribution in [3.05, 3.63) is 57.8 Å². The Hall–Kier alpha value is -2.12. The minimum atomic E-state index is -3.73. The van der Waals surface area contributed by atoms with Crippen LogP contribution in [0.1, 0.15) is 34.5 Å². The molecule has 26 heavy (non-hydrogen) atoms. The molecule has 0 unspecified atom stereocenters. The lowest BCUT2D eigenvalue weighted by Gasteiger charge is -2.11. The zero-order chi connectivity index (χ0) is 18.5. The smallest absolute Gasteiger partial charge is 0.262 e. The van der Waals surface area contributed by atoms with E-state index < -0.39 is 10.0 Å². The molecule has 1 aliphatic carbocycles. The Bertz CT molecular complexity index is 1150. The molecule has 0 bridgehead atoms. The Morgan fingerprint density at radius 2 is 1.92 bits per heavy atom. The van der Waals surface area contributed by atoms with Gasteiger partial charge in [0.1, 0.15) is 11.3 Å². The molecule has 3 aromatic rings. The monoisotopic (exact) mass is 433 g/mol. The van der Waals surface area contributed by atoms with Crippen LogP contribution in [0.3, 0.4) is 0 Å². The number of furan rings is 1. The second-order valence-corrected chi connectivity index (χ2v) is 8.89. The number of rotatable bonds is 3. The number of Topliss-reactive ketones (excluding diaryl/α,β-unsaturated/α-hetero) is 1. The van der Waals surface area contributed by atoms with E-state index in [1.54, 1.807) is 43.3 Å². The molecule has 0 radical (unpaired) electrons. The lowest BCUT2D eigenvalue weighted by atomic mass is 9.94. The number of hydrogen-bond donors (Lipinski definition) is 1. The molecule has 0 spiro atoms. The Labute approximate surface area is 159 Å². The van der Waals surface area contributed by atoms with E-state index in [9.17, 15) is 13.2 Å². The normalized spacial score (nSPS) is 14.5. The third-order valence-corrected chi connectivity index (χ3v) is 6.67. The van der Waals surface area contributed by atoms with Crippen molar-refractivity contribution < 1.29 is 17.6 Å². The van der Waals surface area contributed by atoms with E-state index in [-0.39, 0.29) is 10.7 Å². The van der Waals surface area contributed by atoms with Crippen molar-refractivity contribution in [1.29, 1.82) is 0 Å². The highest BCUT2D eigenvalue weighted by Gasteiger charge is 2.26. The van der Waals surface area contributed by atoms with Crippen molar-refractivity contribution in [1.82, 2.24) is 0 Å².